The molecule has 2 aliphatic rings. The first kappa shape index (κ1) is 16.5. The fourth-order valence-electron chi connectivity index (χ4n) is 4.40. The molecular formula is C19H22ClN5S. The highest BCUT2D eigenvalue weighted by Gasteiger charge is 2.35. The van der Waals surface area contributed by atoms with Gasteiger partial charge in [-0.05, 0) is 50.9 Å². The highest BCUT2D eigenvalue weighted by atomic mass is 35.5. The van der Waals surface area contributed by atoms with Gasteiger partial charge in [-0.1, -0.05) is 35.1 Å². The maximum atomic E-state index is 5.98. The first-order valence-corrected chi connectivity index (χ1v) is 10.4. The molecule has 5 nitrogen and oxygen atoms in total. The summed E-state index contributed by atoms with van der Waals surface area (Å²) in [5.74, 6) is 0.767. The van der Waals surface area contributed by atoms with E-state index in [0.29, 0.717) is 0 Å². The number of likely N-dealkylation sites (tertiary alicyclic amines) is 1. The van der Waals surface area contributed by atoms with E-state index in [1.807, 2.05) is 35.0 Å². The molecule has 5 rings (SSSR count). The normalized spacial score (nSPS) is 24.2. The van der Waals surface area contributed by atoms with Crippen LogP contribution in [-0.4, -0.2) is 52.2 Å². The molecule has 2 aromatic heterocycles. The van der Waals surface area contributed by atoms with E-state index < -0.39 is 0 Å². The van der Waals surface area contributed by atoms with Crippen LogP contribution in [0.4, 0.5) is 5.13 Å². The van der Waals surface area contributed by atoms with Crippen LogP contribution >= 0.6 is 22.9 Å². The molecule has 4 heterocycles. The van der Waals surface area contributed by atoms with Gasteiger partial charge in [0.15, 0.2) is 0 Å². The molecule has 26 heavy (non-hydrogen) atoms. The summed E-state index contributed by atoms with van der Waals surface area (Å²) in [6.07, 6.45) is 5.91. The van der Waals surface area contributed by atoms with Crippen LogP contribution in [0.5, 0.6) is 0 Å². The second-order valence-electron chi connectivity index (χ2n) is 7.43. The second-order valence-corrected chi connectivity index (χ2v) is 8.80. The summed E-state index contributed by atoms with van der Waals surface area (Å²) in [5, 5.41) is 6.66. The molecular weight excluding hydrogens is 366 g/mol. The Morgan fingerprint density at radius 3 is 2.81 bits per heavy atom. The number of imidazole rings is 1. The van der Waals surface area contributed by atoms with Gasteiger partial charge in [-0.3, -0.25) is 0 Å². The van der Waals surface area contributed by atoms with E-state index in [1.165, 1.54) is 25.8 Å². The minimum Gasteiger partial charge on any atom is -0.346 e. The van der Waals surface area contributed by atoms with Crippen molar-refractivity contribution in [3.63, 3.8) is 0 Å². The smallest absolute Gasteiger partial charge is 0.214 e. The third-order valence-corrected chi connectivity index (χ3v) is 7.02. The van der Waals surface area contributed by atoms with E-state index in [9.17, 15) is 0 Å². The number of nitrogens with zero attached hydrogens (tertiary/aromatic N) is 5. The van der Waals surface area contributed by atoms with Crippen LogP contribution in [0, 0.1) is 5.92 Å². The SMILES string of the molecule is CN1CCCC2CN(c3nn4cc(-c5ccc(Cl)cc5)nc4s3)CCC21. The molecule has 3 aromatic rings. The Labute approximate surface area is 162 Å². The van der Waals surface area contributed by atoms with Crippen LogP contribution in [0.1, 0.15) is 19.3 Å². The Morgan fingerprint density at radius 2 is 2.00 bits per heavy atom. The van der Waals surface area contributed by atoms with Crippen molar-refractivity contribution in [2.24, 2.45) is 5.92 Å². The fraction of sp³-hybridized carbons (Fsp3) is 0.474. The maximum absolute atomic E-state index is 5.98. The van der Waals surface area contributed by atoms with E-state index in [1.54, 1.807) is 11.3 Å². The molecule has 0 bridgehead atoms. The Kier molecular flexibility index (Phi) is 4.14. The number of aromatic nitrogens is 3. The molecule has 7 heteroatoms. The van der Waals surface area contributed by atoms with Crippen LogP contribution in [-0.2, 0) is 0 Å². The summed E-state index contributed by atoms with van der Waals surface area (Å²) in [4.78, 5) is 10.7. The van der Waals surface area contributed by atoms with E-state index >= 15 is 0 Å². The second kappa shape index (κ2) is 6.51. The van der Waals surface area contributed by atoms with Crippen molar-refractivity contribution in [1.82, 2.24) is 19.5 Å². The topological polar surface area (TPSA) is 36.7 Å². The van der Waals surface area contributed by atoms with Crippen molar-refractivity contribution in [3.05, 3.63) is 35.5 Å². The molecule has 2 unspecified atom stereocenters. The van der Waals surface area contributed by atoms with Gasteiger partial charge >= 0.3 is 0 Å². The lowest BCUT2D eigenvalue weighted by Gasteiger charge is -2.45. The molecule has 0 spiro atoms. The zero-order valence-electron chi connectivity index (χ0n) is 14.8. The molecule has 0 N–H and O–H groups in total. The van der Waals surface area contributed by atoms with Gasteiger partial charge in [0.1, 0.15) is 0 Å². The summed E-state index contributed by atoms with van der Waals surface area (Å²) < 4.78 is 1.92. The highest BCUT2D eigenvalue weighted by molar-refractivity contribution is 7.20. The zero-order valence-corrected chi connectivity index (χ0v) is 16.4. The quantitative estimate of drug-likeness (QED) is 0.665. The van der Waals surface area contributed by atoms with Gasteiger partial charge < -0.3 is 9.80 Å². The van der Waals surface area contributed by atoms with Gasteiger partial charge in [0.05, 0.1) is 11.9 Å². The van der Waals surface area contributed by atoms with Gasteiger partial charge in [-0.15, -0.1) is 5.10 Å². The Bertz CT molecular complexity index is 886. The van der Waals surface area contributed by atoms with Gasteiger partial charge in [-0.2, -0.15) is 0 Å². The predicted octanol–water partition coefficient (Wildman–Crippen LogP) is 4.03. The zero-order chi connectivity index (χ0) is 17.7. The summed E-state index contributed by atoms with van der Waals surface area (Å²) in [6, 6.07) is 8.55. The molecule has 0 saturated carbocycles. The van der Waals surface area contributed by atoms with Crippen molar-refractivity contribution in [2.75, 3.05) is 31.6 Å². The third kappa shape index (κ3) is 2.90. The molecule has 2 fully saturated rings. The van der Waals surface area contributed by atoms with Crippen molar-refractivity contribution in [1.29, 1.82) is 0 Å². The highest BCUT2D eigenvalue weighted by Crippen LogP contribution is 2.34. The first-order chi connectivity index (χ1) is 12.7. The Hall–Kier alpha value is -1.63. The average Bonchev–Trinajstić information content (AvgIpc) is 3.21. The molecule has 1 aromatic carbocycles. The largest absolute Gasteiger partial charge is 0.346 e. The number of halogens is 1. The van der Waals surface area contributed by atoms with Crippen molar-refractivity contribution >= 4 is 33.0 Å². The number of anilines is 1. The van der Waals surface area contributed by atoms with Gasteiger partial charge in [0.25, 0.3) is 0 Å². The Balaban J connectivity index is 1.37. The lowest BCUT2D eigenvalue weighted by atomic mass is 9.84. The third-order valence-electron chi connectivity index (χ3n) is 5.79. The van der Waals surface area contributed by atoms with Gasteiger partial charge in [0.2, 0.25) is 10.1 Å². The van der Waals surface area contributed by atoms with Crippen LogP contribution in [0.3, 0.4) is 0 Å². The summed E-state index contributed by atoms with van der Waals surface area (Å²) in [7, 11) is 2.28. The molecule has 2 saturated heterocycles. The van der Waals surface area contributed by atoms with Crippen LogP contribution in [0.25, 0.3) is 16.2 Å². The number of fused-ring (bicyclic) bond motifs is 2. The molecule has 0 radical (unpaired) electrons. The fourth-order valence-corrected chi connectivity index (χ4v) is 5.45. The van der Waals surface area contributed by atoms with E-state index in [0.717, 1.165) is 51.4 Å². The van der Waals surface area contributed by atoms with Crippen LogP contribution in [0.15, 0.2) is 30.5 Å². The van der Waals surface area contributed by atoms with E-state index in [-0.39, 0.29) is 0 Å². The van der Waals surface area contributed by atoms with Crippen LogP contribution < -0.4 is 4.90 Å². The summed E-state index contributed by atoms with van der Waals surface area (Å²) in [5.41, 5.74) is 2.01. The summed E-state index contributed by atoms with van der Waals surface area (Å²) in [6.45, 7) is 3.46. The standard InChI is InChI=1S/C19H22ClN5S/c1-23-9-2-3-14-11-24(10-8-17(14)23)19-22-25-12-16(21-18(25)26-19)13-4-6-15(20)7-5-13/h4-7,12,14,17H,2-3,8-11H2,1H3. The monoisotopic (exact) mass is 387 g/mol. The van der Waals surface area contributed by atoms with E-state index in [4.69, 9.17) is 21.7 Å². The predicted molar refractivity (Wildman–Crippen MR) is 107 cm³/mol. The molecule has 0 amide bonds. The average molecular weight is 388 g/mol. The maximum Gasteiger partial charge on any atom is 0.214 e. The molecule has 2 aliphatic heterocycles. The lowest BCUT2D eigenvalue weighted by molar-refractivity contribution is 0.102. The van der Waals surface area contributed by atoms with Crippen LogP contribution in [0.2, 0.25) is 5.02 Å². The molecule has 136 valence electrons. The minimum absolute atomic E-state index is 0.743. The number of benzene rings is 1. The first-order valence-electron chi connectivity index (χ1n) is 9.25. The Morgan fingerprint density at radius 1 is 1.15 bits per heavy atom. The molecule has 0 aliphatic carbocycles. The van der Waals surface area contributed by atoms with Gasteiger partial charge in [-0.25, -0.2) is 9.50 Å². The van der Waals surface area contributed by atoms with Gasteiger partial charge in [0, 0.05) is 29.7 Å². The summed E-state index contributed by atoms with van der Waals surface area (Å²) >= 11 is 7.67. The lowest BCUT2D eigenvalue weighted by Crippen LogP contribution is -2.52. The van der Waals surface area contributed by atoms with E-state index in [2.05, 4.69) is 16.8 Å². The number of hydrogen-bond acceptors (Lipinski definition) is 5. The van der Waals surface area contributed by atoms with Crippen molar-refractivity contribution in [3.8, 4) is 11.3 Å². The number of hydrogen-bond donors (Lipinski definition) is 0. The number of piperidine rings is 2. The minimum atomic E-state index is 0.743. The molecule has 2 atom stereocenters. The van der Waals surface area contributed by atoms with Crippen molar-refractivity contribution < 1.29 is 0 Å². The van der Waals surface area contributed by atoms with Crippen molar-refractivity contribution in [2.45, 2.75) is 25.3 Å². The number of rotatable bonds is 2.